The Hall–Kier alpha value is -1.30. The van der Waals surface area contributed by atoms with E-state index in [2.05, 4.69) is 5.32 Å². The lowest BCUT2D eigenvalue weighted by Crippen LogP contribution is -2.32. The molecule has 2 N–H and O–H groups in total. The fraction of sp³-hybridized carbons (Fsp3) is 0.600. The van der Waals surface area contributed by atoms with Crippen molar-refractivity contribution < 1.29 is 19.3 Å². The van der Waals surface area contributed by atoms with Crippen LogP contribution in [0.25, 0.3) is 0 Å². The van der Waals surface area contributed by atoms with Gasteiger partial charge in [-0.1, -0.05) is 26.0 Å². The summed E-state index contributed by atoms with van der Waals surface area (Å²) in [5, 5.41) is 12.5. The van der Waals surface area contributed by atoms with Crippen LogP contribution < -0.4 is 14.8 Å². The molecule has 20 heavy (non-hydrogen) atoms. The summed E-state index contributed by atoms with van der Waals surface area (Å²) in [6, 6.07) is 7.50. The lowest BCUT2D eigenvalue weighted by Gasteiger charge is -2.12. The number of rotatable bonds is 9. The molecule has 0 aliphatic carbocycles. The van der Waals surface area contributed by atoms with Crippen molar-refractivity contribution in [1.82, 2.24) is 5.32 Å². The van der Waals surface area contributed by atoms with Crippen LogP contribution in [0.2, 0.25) is 0 Å². The average molecular weight is 285 g/mol. The van der Waals surface area contributed by atoms with Crippen LogP contribution >= 0.6 is 0 Å². The Labute approximate surface area is 121 Å². The first-order valence-corrected chi connectivity index (χ1v) is 6.91. The molecular weight excluding hydrogens is 258 g/mol. The zero-order valence-corrected chi connectivity index (χ0v) is 12.9. The largest absolute Gasteiger partial charge is 0.493 e. The first-order valence-electron chi connectivity index (χ1n) is 6.91. The molecule has 1 aromatic carbocycles. The van der Waals surface area contributed by atoms with E-state index >= 15 is 0 Å². The topological polar surface area (TPSA) is 60.0 Å². The van der Waals surface area contributed by atoms with Gasteiger partial charge in [-0.15, -0.1) is 0 Å². The smallest absolute Gasteiger partial charge is 0.161 e. The van der Waals surface area contributed by atoms with Crippen LogP contribution in [0.4, 0.5) is 0 Å². The monoisotopic (exact) mass is 285 g/mol. The van der Waals surface area contributed by atoms with E-state index in [1.807, 2.05) is 38.1 Å². The zero-order valence-electron chi connectivity index (χ0n) is 12.9. The highest BCUT2D eigenvalue weighted by Crippen LogP contribution is 2.25. The number of ether oxygens (including phenoxy) is 3. The molecule has 0 spiro atoms. The number of aliphatic hydroxyl groups excluding tert-OH is 1. The summed E-state index contributed by atoms with van der Waals surface area (Å²) in [5.74, 6) is 1.44. The van der Waals surface area contributed by atoms with E-state index in [0.717, 1.165) is 11.5 Å². The van der Waals surface area contributed by atoms with Crippen LogP contribution in [0.1, 0.15) is 13.8 Å². The van der Waals surface area contributed by atoms with Gasteiger partial charge in [-0.3, -0.25) is 0 Å². The molecule has 0 aliphatic heterocycles. The van der Waals surface area contributed by atoms with Crippen LogP contribution in [-0.2, 0) is 4.74 Å². The number of para-hydroxylation sites is 2. The minimum absolute atomic E-state index is 0.334. The van der Waals surface area contributed by atoms with Crippen molar-refractivity contribution in [2.75, 3.05) is 40.5 Å². The maximum absolute atomic E-state index is 9.40. The third kappa shape index (κ3) is 7.99. The highest BCUT2D eigenvalue weighted by molar-refractivity contribution is 5.39. The fourth-order valence-electron chi connectivity index (χ4n) is 1.49. The molecule has 116 valence electrons. The van der Waals surface area contributed by atoms with Gasteiger partial charge in [0.2, 0.25) is 0 Å². The maximum Gasteiger partial charge on any atom is 0.161 e. The molecule has 0 aromatic heterocycles. The van der Waals surface area contributed by atoms with Crippen molar-refractivity contribution in [3.63, 3.8) is 0 Å². The summed E-state index contributed by atoms with van der Waals surface area (Å²) < 4.78 is 15.6. The number of aliphatic hydroxyl groups is 1. The van der Waals surface area contributed by atoms with Crippen molar-refractivity contribution in [3.05, 3.63) is 24.3 Å². The Balaban J connectivity index is 0.00000172. The summed E-state index contributed by atoms with van der Waals surface area (Å²) >= 11 is 0. The van der Waals surface area contributed by atoms with Crippen molar-refractivity contribution in [2.45, 2.75) is 20.0 Å². The van der Waals surface area contributed by atoms with Crippen LogP contribution in [0.5, 0.6) is 11.5 Å². The molecule has 1 aromatic rings. The summed E-state index contributed by atoms with van der Waals surface area (Å²) in [7, 11) is 3.18. The Morgan fingerprint density at radius 1 is 1.15 bits per heavy atom. The molecular formula is C15H27NO4. The molecule has 0 saturated carbocycles. The predicted molar refractivity (Wildman–Crippen MR) is 80.6 cm³/mol. The zero-order chi connectivity index (χ0) is 15.2. The Kier molecular flexibility index (Phi) is 11.9. The van der Waals surface area contributed by atoms with Crippen LogP contribution in [0, 0.1) is 0 Å². The molecule has 0 bridgehead atoms. The van der Waals surface area contributed by atoms with Crippen LogP contribution in [0.15, 0.2) is 24.3 Å². The molecule has 0 aliphatic rings. The molecule has 0 saturated heterocycles. The molecule has 0 radical (unpaired) electrons. The Bertz CT molecular complexity index is 333. The van der Waals surface area contributed by atoms with Gasteiger partial charge in [-0.25, -0.2) is 0 Å². The molecule has 5 heteroatoms. The van der Waals surface area contributed by atoms with E-state index in [0.29, 0.717) is 26.3 Å². The second kappa shape index (κ2) is 12.7. The van der Waals surface area contributed by atoms with E-state index in [9.17, 15) is 5.11 Å². The summed E-state index contributed by atoms with van der Waals surface area (Å²) in [4.78, 5) is 0. The molecule has 5 nitrogen and oxygen atoms in total. The molecule has 1 rings (SSSR count). The maximum atomic E-state index is 9.40. The lowest BCUT2D eigenvalue weighted by atomic mass is 10.3. The minimum Gasteiger partial charge on any atom is -0.493 e. The number of hydrogen-bond acceptors (Lipinski definition) is 5. The quantitative estimate of drug-likeness (QED) is 0.676. The molecule has 0 amide bonds. The van der Waals surface area contributed by atoms with Gasteiger partial charge >= 0.3 is 0 Å². The summed E-state index contributed by atoms with van der Waals surface area (Å²) in [6.45, 7) is 5.99. The Morgan fingerprint density at radius 2 is 1.80 bits per heavy atom. The van der Waals surface area contributed by atoms with Crippen LogP contribution in [-0.4, -0.2) is 51.7 Å². The van der Waals surface area contributed by atoms with Crippen molar-refractivity contribution in [2.24, 2.45) is 0 Å². The highest BCUT2D eigenvalue weighted by atomic mass is 16.5. The first-order chi connectivity index (χ1) is 9.77. The van der Waals surface area contributed by atoms with E-state index in [1.54, 1.807) is 14.2 Å². The van der Waals surface area contributed by atoms with Crippen molar-refractivity contribution in [1.29, 1.82) is 0 Å². The predicted octanol–water partition coefficient (Wildman–Crippen LogP) is 1.70. The Morgan fingerprint density at radius 3 is 2.40 bits per heavy atom. The van der Waals surface area contributed by atoms with Gasteiger partial charge < -0.3 is 24.6 Å². The summed E-state index contributed by atoms with van der Waals surface area (Å²) in [6.07, 6.45) is -0.485. The average Bonchev–Trinajstić information content (AvgIpc) is 2.49. The third-order valence-corrected chi connectivity index (χ3v) is 2.34. The molecule has 0 fully saturated rings. The number of hydrogen-bond donors (Lipinski definition) is 2. The number of nitrogens with one attached hydrogen (secondary N) is 1. The first kappa shape index (κ1) is 18.7. The second-order valence-electron chi connectivity index (χ2n) is 3.81. The molecule has 1 atom stereocenters. The number of methoxy groups -OCH3 is 2. The second-order valence-corrected chi connectivity index (χ2v) is 3.81. The van der Waals surface area contributed by atoms with Gasteiger partial charge in [0.25, 0.3) is 0 Å². The highest BCUT2D eigenvalue weighted by Gasteiger charge is 2.03. The van der Waals surface area contributed by atoms with Gasteiger partial charge in [-0.05, 0) is 12.1 Å². The SMILES string of the molecule is CC.COCC(O)CNCCOc1ccccc1OC. The van der Waals surface area contributed by atoms with E-state index in [4.69, 9.17) is 14.2 Å². The van der Waals surface area contributed by atoms with Crippen molar-refractivity contribution in [3.8, 4) is 11.5 Å². The molecule has 1 unspecified atom stereocenters. The van der Waals surface area contributed by atoms with E-state index < -0.39 is 6.10 Å². The fourth-order valence-corrected chi connectivity index (χ4v) is 1.49. The van der Waals surface area contributed by atoms with E-state index in [1.165, 1.54) is 0 Å². The van der Waals surface area contributed by atoms with Gasteiger partial charge in [0.1, 0.15) is 6.61 Å². The van der Waals surface area contributed by atoms with Crippen molar-refractivity contribution >= 4 is 0 Å². The lowest BCUT2D eigenvalue weighted by molar-refractivity contribution is 0.0641. The van der Waals surface area contributed by atoms with Gasteiger partial charge in [0.05, 0.1) is 19.8 Å². The van der Waals surface area contributed by atoms with E-state index in [-0.39, 0.29) is 0 Å². The van der Waals surface area contributed by atoms with Gasteiger partial charge in [0.15, 0.2) is 11.5 Å². The standard InChI is InChI=1S/C13H21NO4.C2H6/c1-16-10-11(15)9-14-7-8-18-13-6-4-3-5-12(13)17-2;1-2/h3-6,11,14-15H,7-10H2,1-2H3;1-2H3. The van der Waals surface area contributed by atoms with Gasteiger partial charge in [-0.2, -0.15) is 0 Å². The molecule has 0 heterocycles. The number of benzene rings is 1. The van der Waals surface area contributed by atoms with Gasteiger partial charge in [0, 0.05) is 20.2 Å². The third-order valence-electron chi connectivity index (χ3n) is 2.34. The van der Waals surface area contributed by atoms with Crippen LogP contribution in [0.3, 0.4) is 0 Å². The normalized spacial score (nSPS) is 11.2. The summed E-state index contributed by atoms with van der Waals surface area (Å²) in [5.41, 5.74) is 0. The minimum atomic E-state index is -0.485.